The van der Waals surface area contributed by atoms with Gasteiger partial charge in [0.15, 0.2) is 5.17 Å². The third kappa shape index (κ3) is 2.00. The molecule has 0 saturated carbocycles. The highest BCUT2D eigenvalue weighted by Crippen LogP contribution is 2.43. The second-order valence-electron chi connectivity index (χ2n) is 3.75. The van der Waals surface area contributed by atoms with Crippen molar-refractivity contribution in [3.05, 3.63) is 0 Å². The van der Waals surface area contributed by atoms with Crippen molar-refractivity contribution in [3.8, 4) is 0 Å². The van der Waals surface area contributed by atoms with Crippen LogP contribution in [-0.4, -0.2) is 50.5 Å². The Labute approximate surface area is 97.9 Å². The number of nitrogens with one attached hydrogen (secondary N) is 1. The summed E-state index contributed by atoms with van der Waals surface area (Å²) < 4.78 is 0.270. The van der Waals surface area contributed by atoms with Gasteiger partial charge in [-0.05, 0) is 6.42 Å². The standard InChI is InChI=1S/C9H16N2O2S2/c1-3-4-6(12)7(13)5-8(14-4)15-9(10-2)11-5/h4-8,12-13H,3H2,1-2H3,(H,10,11). The molecule has 0 amide bonds. The van der Waals surface area contributed by atoms with E-state index in [4.69, 9.17) is 0 Å². The van der Waals surface area contributed by atoms with Gasteiger partial charge >= 0.3 is 0 Å². The molecule has 0 bridgehead atoms. The molecule has 0 radical (unpaired) electrons. The molecule has 15 heavy (non-hydrogen) atoms. The van der Waals surface area contributed by atoms with Crippen LogP contribution >= 0.6 is 23.5 Å². The van der Waals surface area contributed by atoms with Crippen LogP contribution in [0.25, 0.3) is 0 Å². The molecule has 2 fully saturated rings. The summed E-state index contributed by atoms with van der Waals surface area (Å²) >= 11 is 3.39. The maximum absolute atomic E-state index is 9.97. The number of aliphatic hydroxyl groups is 2. The molecule has 2 aliphatic heterocycles. The van der Waals surface area contributed by atoms with Crippen LogP contribution < -0.4 is 5.32 Å². The Morgan fingerprint density at radius 3 is 2.73 bits per heavy atom. The van der Waals surface area contributed by atoms with Crippen LogP contribution in [-0.2, 0) is 0 Å². The summed E-state index contributed by atoms with van der Waals surface area (Å²) in [4.78, 5) is 4.08. The molecule has 2 aliphatic rings. The SMILES string of the molecule is CCC1SC2SC(=NC)NC2C(O)C1O. The molecule has 2 rings (SSSR count). The topological polar surface area (TPSA) is 64.9 Å². The molecule has 5 atom stereocenters. The minimum absolute atomic E-state index is 0.0727. The van der Waals surface area contributed by atoms with Crippen LogP contribution in [0.1, 0.15) is 13.3 Å². The zero-order valence-corrected chi connectivity index (χ0v) is 10.4. The van der Waals surface area contributed by atoms with Gasteiger partial charge in [0.25, 0.3) is 0 Å². The highest BCUT2D eigenvalue weighted by molar-refractivity contribution is 8.25. The van der Waals surface area contributed by atoms with Gasteiger partial charge in [0.1, 0.15) is 6.10 Å². The number of rotatable bonds is 1. The average Bonchev–Trinajstić information content (AvgIpc) is 2.66. The first kappa shape index (κ1) is 11.6. The van der Waals surface area contributed by atoms with Crippen LogP contribution in [0, 0.1) is 0 Å². The highest BCUT2D eigenvalue weighted by Gasteiger charge is 2.47. The third-order valence-electron chi connectivity index (χ3n) is 2.82. The molecule has 86 valence electrons. The predicted molar refractivity (Wildman–Crippen MR) is 65.3 cm³/mol. The van der Waals surface area contributed by atoms with E-state index in [2.05, 4.69) is 10.3 Å². The molecule has 2 heterocycles. The van der Waals surface area contributed by atoms with Gasteiger partial charge in [0.05, 0.1) is 16.7 Å². The fourth-order valence-corrected chi connectivity index (χ4v) is 5.01. The van der Waals surface area contributed by atoms with Crippen LogP contribution in [0.5, 0.6) is 0 Å². The van der Waals surface area contributed by atoms with Crippen molar-refractivity contribution in [3.63, 3.8) is 0 Å². The number of nitrogens with zero attached hydrogens (tertiary/aromatic N) is 1. The van der Waals surface area contributed by atoms with Crippen molar-refractivity contribution >= 4 is 28.7 Å². The number of aliphatic imine (C=N–C) groups is 1. The highest BCUT2D eigenvalue weighted by atomic mass is 32.2. The number of aliphatic hydroxyl groups excluding tert-OH is 2. The molecule has 0 aromatic rings. The summed E-state index contributed by atoms with van der Waals surface area (Å²) in [6.07, 6.45) is -0.441. The van der Waals surface area contributed by atoms with Crippen LogP contribution in [0.2, 0.25) is 0 Å². The maximum Gasteiger partial charge on any atom is 0.157 e. The molecule has 3 N–H and O–H groups in total. The second kappa shape index (κ2) is 4.53. The van der Waals surface area contributed by atoms with E-state index in [-0.39, 0.29) is 15.9 Å². The number of amidine groups is 1. The first-order valence-electron chi connectivity index (χ1n) is 5.09. The van der Waals surface area contributed by atoms with Gasteiger partial charge in [-0.1, -0.05) is 18.7 Å². The lowest BCUT2D eigenvalue weighted by Crippen LogP contribution is -2.55. The van der Waals surface area contributed by atoms with Crippen LogP contribution in [0.3, 0.4) is 0 Å². The normalized spacial score (nSPS) is 47.7. The van der Waals surface area contributed by atoms with Crippen molar-refractivity contribution < 1.29 is 10.2 Å². The summed E-state index contributed by atoms with van der Waals surface area (Å²) in [5.41, 5.74) is 0. The molecule has 0 aliphatic carbocycles. The fourth-order valence-electron chi connectivity index (χ4n) is 1.93. The molecule has 5 unspecified atom stereocenters. The smallest absolute Gasteiger partial charge is 0.157 e. The second-order valence-corrected chi connectivity index (χ2v) is 6.56. The van der Waals surface area contributed by atoms with Gasteiger partial charge in [-0.3, -0.25) is 4.99 Å². The van der Waals surface area contributed by atoms with Gasteiger partial charge < -0.3 is 15.5 Å². The zero-order valence-electron chi connectivity index (χ0n) is 8.75. The Hall–Kier alpha value is 0.0900. The van der Waals surface area contributed by atoms with Crippen molar-refractivity contribution in [1.82, 2.24) is 5.32 Å². The first-order valence-corrected chi connectivity index (χ1v) is 6.91. The van der Waals surface area contributed by atoms with E-state index < -0.39 is 12.2 Å². The van der Waals surface area contributed by atoms with Crippen molar-refractivity contribution in [1.29, 1.82) is 0 Å². The number of hydrogen-bond donors (Lipinski definition) is 3. The van der Waals surface area contributed by atoms with E-state index in [1.54, 1.807) is 30.6 Å². The Balaban J connectivity index is 2.13. The first-order chi connectivity index (χ1) is 7.17. The monoisotopic (exact) mass is 248 g/mol. The third-order valence-corrected chi connectivity index (χ3v) is 6.02. The van der Waals surface area contributed by atoms with E-state index in [1.807, 2.05) is 6.92 Å². The van der Waals surface area contributed by atoms with Crippen molar-refractivity contribution in [2.45, 2.75) is 41.4 Å². The molecular weight excluding hydrogens is 232 g/mol. The molecule has 4 nitrogen and oxygen atoms in total. The van der Waals surface area contributed by atoms with E-state index in [0.29, 0.717) is 0 Å². The average molecular weight is 248 g/mol. The lowest BCUT2D eigenvalue weighted by Gasteiger charge is -2.37. The molecule has 0 aromatic heterocycles. The molecule has 0 spiro atoms. The van der Waals surface area contributed by atoms with Crippen molar-refractivity contribution in [2.24, 2.45) is 4.99 Å². The summed E-state index contributed by atoms with van der Waals surface area (Å²) in [6.45, 7) is 2.04. The molecule has 2 saturated heterocycles. The minimum Gasteiger partial charge on any atom is -0.389 e. The Bertz CT molecular complexity index is 275. The lowest BCUT2D eigenvalue weighted by molar-refractivity contribution is -0.00192. The number of hydrogen-bond acceptors (Lipinski definition) is 5. The summed E-state index contributed by atoms with van der Waals surface area (Å²) in [5.74, 6) is 0. The van der Waals surface area contributed by atoms with Gasteiger partial charge in [-0.2, -0.15) is 0 Å². The van der Waals surface area contributed by atoms with Gasteiger partial charge in [0, 0.05) is 12.3 Å². The summed E-state index contributed by atoms with van der Waals surface area (Å²) in [6, 6.07) is -0.0727. The van der Waals surface area contributed by atoms with E-state index in [1.165, 1.54) is 0 Å². The van der Waals surface area contributed by atoms with E-state index in [9.17, 15) is 10.2 Å². The number of thioether (sulfide) groups is 2. The van der Waals surface area contributed by atoms with Crippen LogP contribution in [0.15, 0.2) is 4.99 Å². The quantitative estimate of drug-likeness (QED) is 0.621. The minimum atomic E-state index is -0.687. The maximum atomic E-state index is 9.97. The Morgan fingerprint density at radius 1 is 1.40 bits per heavy atom. The summed E-state index contributed by atoms with van der Waals surface area (Å²) in [7, 11) is 1.73. The Kier molecular flexibility index (Phi) is 3.49. The molecule has 0 aromatic carbocycles. The van der Waals surface area contributed by atoms with Gasteiger partial charge in [-0.15, -0.1) is 11.8 Å². The van der Waals surface area contributed by atoms with Crippen LogP contribution in [0.4, 0.5) is 0 Å². The summed E-state index contributed by atoms with van der Waals surface area (Å²) in [5, 5.41) is 24.0. The van der Waals surface area contributed by atoms with E-state index >= 15 is 0 Å². The van der Waals surface area contributed by atoms with Gasteiger partial charge in [0.2, 0.25) is 0 Å². The number of fused-ring (bicyclic) bond motifs is 1. The zero-order chi connectivity index (χ0) is 11.0. The predicted octanol–water partition coefficient (Wildman–Crippen LogP) is 0.250. The Morgan fingerprint density at radius 2 is 2.13 bits per heavy atom. The van der Waals surface area contributed by atoms with Gasteiger partial charge in [-0.25, -0.2) is 0 Å². The fraction of sp³-hybridized carbons (Fsp3) is 0.889. The molecular formula is C9H16N2O2S2. The van der Waals surface area contributed by atoms with E-state index in [0.717, 1.165) is 11.6 Å². The van der Waals surface area contributed by atoms with Crippen molar-refractivity contribution in [2.75, 3.05) is 7.05 Å². The largest absolute Gasteiger partial charge is 0.389 e. The molecule has 6 heteroatoms. The lowest BCUT2D eigenvalue weighted by atomic mass is 10.0.